The second kappa shape index (κ2) is 8.88. The number of ketones is 1. The van der Waals surface area contributed by atoms with Crippen LogP contribution in [-0.2, 0) is 14.6 Å². The minimum atomic E-state index is -3.50. The average Bonchev–Trinajstić information content (AvgIpc) is 3.20. The largest absolute Gasteiger partial charge is 0.341 e. The van der Waals surface area contributed by atoms with Gasteiger partial charge in [-0.1, -0.05) is 41.9 Å². The number of carbonyl (C=O) groups is 2. The average molecular weight is 420 g/mol. The fraction of sp³-hybridized carbons (Fsp3) is 0.333. The van der Waals surface area contributed by atoms with Crippen LogP contribution in [0.2, 0.25) is 5.02 Å². The van der Waals surface area contributed by atoms with Crippen molar-refractivity contribution in [1.29, 1.82) is 0 Å². The standard InChI is InChI=1S/C21H22ClNO4S/c22-17-9-11-18(12-10-17)28(26,27)19-13-14-23(15-19)21(25)8-4-7-20(24)16-5-2-1-3-6-16/h1-3,5-6,9-12,19H,4,7-8,13-15H2. The molecule has 0 saturated carbocycles. The first-order valence-corrected chi connectivity index (χ1v) is 11.2. The number of Topliss-reactive ketones (excluding diaryl/α,β-unsaturated/α-hetero) is 1. The molecule has 1 heterocycles. The van der Waals surface area contributed by atoms with Crippen molar-refractivity contribution in [1.82, 2.24) is 4.90 Å². The first-order chi connectivity index (χ1) is 13.4. The van der Waals surface area contributed by atoms with E-state index in [9.17, 15) is 18.0 Å². The molecule has 0 aliphatic carbocycles. The van der Waals surface area contributed by atoms with E-state index in [1.807, 2.05) is 18.2 Å². The van der Waals surface area contributed by atoms with E-state index in [2.05, 4.69) is 0 Å². The Kier molecular flexibility index (Phi) is 6.52. The lowest BCUT2D eigenvalue weighted by molar-refractivity contribution is -0.130. The van der Waals surface area contributed by atoms with Crippen LogP contribution < -0.4 is 0 Å². The van der Waals surface area contributed by atoms with Crippen molar-refractivity contribution in [2.45, 2.75) is 35.8 Å². The quantitative estimate of drug-likeness (QED) is 0.640. The third-order valence-corrected chi connectivity index (χ3v) is 7.41. The third-order valence-electron chi connectivity index (χ3n) is 4.97. The van der Waals surface area contributed by atoms with Gasteiger partial charge >= 0.3 is 0 Å². The molecule has 0 aromatic heterocycles. The van der Waals surface area contributed by atoms with Gasteiger partial charge in [0.05, 0.1) is 10.1 Å². The van der Waals surface area contributed by atoms with Crippen molar-refractivity contribution in [2.75, 3.05) is 13.1 Å². The van der Waals surface area contributed by atoms with Crippen LogP contribution in [0.3, 0.4) is 0 Å². The number of hydrogen-bond donors (Lipinski definition) is 0. The van der Waals surface area contributed by atoms with Gasteiger partial charge in [0, 0.05) is 36.5 Å². The van der Waals surface area contributed by atoms with Crippen molar-refractivity contribution in [3.05, 3.63) is 65.2 Å². The molecule has 2 aromatic carbocycles. The monoisotopic (exact) mass is 419 g/mol. The van der Waals surface area contributed by atoms with Crippen molar-refractivity contribution in [3.8, 4) is 0 Å². The number of halogens is 1. The van der Waals surface area contributed by atoms with Crippen LogP contribution in [0, 0.1) is 0 Å². The zero-order chi connectivity index (χ0) is 20.1. The lowest BCUT2D eigenvalue weighted by atomic mass is 10.1. The fourth-order valence-corrected chi connectivity index (χ4v) is 5.17. The SMILES string of the molecule is O=C(CCCC(=O)N1CCC(S(=O)(=O)c2ccc(Cl)cc2)C1)c1ccccc1. The number of rotatable bonds is 7. The summed E-state index contributed by atoms with van der Waals surface area (Å²) >= 11 is 5.82. The Bertz CT molecular complexity index is 942. The molecule has 148 valence electrons. The molecule has 5 nitrogen and oxygen atoms in total. The van der Waals surface area contributed by atoms with Crippen LogP contribution >= 0.6 is 11.6 Å². The van der Waals surface area contributed by atoms with Gasteiger partial charge in [0.2, 0.25) is 5.91 Å². The summed E-state index contributed by atoms with van der Waals surface area (Å²) in [7, 11) is -3.50. The summed E-state index contributed by atoms with van der Waals surface area (Å²) in [5.74, 6) is -0.0901. The molecule has 0 radical (unpaired) electrons. The van der Waals surface area contributed by atoms with Gasteiger partial charge in [0.15, 0.2) is 15.6 Å². The Balaban J connectivity index is 1.51. The maximum Gasteiger partial charge on any atom is 0.222 e. The number of nitrogens with zero attached hydrogens (tertiary/aromatic N) is 1. The summed E-state index contributed by atoms with van der Waals surface area (Å²) in [5.41, 5.74) is 0.644. The molecule has 0 N–H and O–H groups in total. The molecule has 1 unspecified atom stereocenters. The highest BCUT2D eigenvalue weighted by Crippen LogP contribution is 2.25. The smallest absolute Gasteiger partial charge is 0.222 e. The van der Waals surface area contributed by atoms with Crippen LogP contribution in [0.25, 0.3) is 0 Å². The molecule has 3 rings (SSSR count). The highest BCUT2D eigenvalue weighted by Gasteiger charge is 2.35. The lowest BCUT2D eigenvalue weighted by Crippen LogP contribution is -2.31. The second-order valence-electron chi connectivity index (χ2n) is 6.89. The molecule has 1 saturated heterocycles. The Morgan fingerprint density at radius 3 is 2.36 bits per heavy atom. The van der Waals surface area contributed by atoms with Crippen LogP contribution in [0.5, 0.6) is 0 Å². The summed E-state index contributed by atoms with van der Waals surface area (Å²) < 4.78 is 25.5. The first kappa shape index (κ1) is 20.6. The summed E-state index contributed by atoms with van der Waals surface area (Å²) in [4.78, 5) is 26.3. The Hall–Kier alpha value is -2.18. The van der Waals surface area contributed by atoms with E-state index in [1.165, 1.54) is 12.1 Å². The molecule has 2 aromatic rings. The number of amides is 1. The predicted octanol–water partition coefficient (Wildman–Crippen LogP) is 3.77. The molecule has 0 spiro atoms. The molecule has 1 atom stereocenters. The van der Waals surface area contributed by atoms with Gasteiger partial charge in [-0.25, -0.2) is 8.42 Å². The van der Waals surface area contributed by atoms with E-state index in [1.54, 1.807) is 29.2 Å². The van der Waals surface area contributed by atoms with Crippen LogP contribution in [0.15, 0.2) is 59.5 Å². The van der Waals surface area contributed by atoms with Crippen molar-refractivity contribution in [3.63, 3.8) is 0 Å². The van der Waals surface area contributed by atoms with Gasteiger partial charge in [-0.2, -0.15) is 0 Å². The Morgan fingerprint density at radius 2 is 1.68 bits per heavy atom. The summed E-state index contributed by atoms with van der Waals surface area (Å²) in [6.07, 6.45) is 1.42. The molecule has 1 fully saturated rings. The Morgan fingerprint density at radius 1 is 1.00 bits per heavy atom. The third kappa shape index (κ3) is 4.80. The highest BCUT2D eigenvalue weighted by molar-refractivity contribution is 7.92. The predicted molar refractivity (Wildman–Crippen MR) is 108 cm³/mol. The zero-order valence-electron chi connectivity index (χ0n) is 15.4. The van der Waals surface area contributed by atoms with E-state index >= 15 is 0 Å². The van der Waals surface area contributed by atoms with Crippen molar-refractivity contribution < 1.29 is 18.0 Å². The number of likely N-dealkylation sites (tertiary alicyclic amines) is 1. The molecule has 28 heavy (non-hydrogen) atoms. The van der Waals surface area contributed by atoms with Gasteiger partial charge in [-0.05, 0) is 37.1 Å². The molecule has 1 amide bonds. The van der Waals surface area contributed by atoms with E-state index in [0.717, 1.165) is 0 Å². The first-order valence-electron chi connectivity index (χ1n) is 9.23. The summed E-state index contributed by atoms with van der Waals surface area (Å²) in [6, 6.07) is 15.1. The minimum Gasteiger partial charge on any atom is -0.341 e. The molecule has 7 heteroatoms. The molecule has 0 bridgehead atoms. The number of carbonyl (C=O) groups excluding carboxylic acids is 2. The second-order valence-corrected chi connectivity index (χ2v) is 9.56. The van der Waals surface area contributed by atoms with Crippen LogP contribution in [0.1, 0.15) is 36.0 Å². The molecular weight excluding hydrogens is 398 g/mol. The van der Waals surface area contributed by atoms with Gasteiger partial charge in [-0.3, -0.25) is 9.59 Å². The van der Waals surface area contributed by atoms with Crippen molar-refractivity contribution >= 4 is 33.1 Å². The molecular formula is C21H22ClNO4S. The van der Waals surface area contributed by atoms with Gasteiger partial charge in [-0.15, -0.1) is 0 Å². The fourth-order valence-electron chi connectivity index (χ4n) is 3.35. The van der Waals surface area contributed by atoms with E-state index in [-0.39, 0.29) is 29.6 Å². The molecule has 1 aliphatic rings. The highest BCUT2D eigenvalue weighted by atomic mass is 35.5. The van der Waals surface area contributed by atoms with Gasteiger partial charge in [0.25, 0.3) is 0 Å². The zero-order valence-corrected chi connectivity index (χ0v) is 17.0. The van der Waals surface area contributed by atoms with E-state index < -0.39 is 15.1 Å². The summed E-state index contributed by atoms with van der Waals surface area (Å²) in [6.45, 7) is 0.610. The molecule has 1 aliphatic heterocycles. The van der Waals surface area contributed by atoms with Gasteiger partial charge < -0.3 is 4.90 Å². The maximum atomic E-state index is 12.7. The van der Waals surface area contributed by atoms with Crippen molar-refractivity contribution in [2.24, 2.45) is 0 Å². The van der Waals surface area contributed by atoms with Gasteiger partial charge in [0.1, 0.15) is 0 Å². The number of sulfone groups is 1. The summed E-state index contributed by atoms with van der Waals surface area (Å²) in [5, 5.41) is -0.129. The minimum absolute atomic E-state index is 0.0121. The maximum absolute atomic E-state index is 12.7. The number of benzene rings is 2. The number of hydrogen-bond acceptors (Lipinski definition) is 4. The van der Waals surface area contributed by atoms with E-state index in [4.69, 9.17) is 11.6 Å². The van der Waals surface area contributed by atoms with E-state index in [0.29, 0.717) is 36.4 Å². The van der Waals surface area contributed by atoms with Crippen LogP contribution in [0.4, 0.5) is 0 Å². The lowest BCUT2D eigenvalue weighted by Gasteiger charge is -2.17. The van der Waals surface area contributed by atoms with Crippen LogP contribution in [-0.4, -0.2) is 43.3 Å². The normalized spacial score (nSPS) is 16.9. The Labute approximate surface area is 170 Å². The topological polar surface area (TPSA) is 71.5 Å².